The molecule has 0 saturated heterocycles. The van der Waals surface area contributed by atoms with E-state index in [1.807, 2.05) is 0 Å². The van der Waals surface area contributed by atoms with Crippen LogP contribution in [0.2, 0.25) is 10.0 Å². The molecule has 0 aliphatic heterocycles. The van der Waals surface area contributed by atoms with Gasteiger partial charge < -0.3 is 0 Å². The number of hydrogen-bond donors (Lipinski definition) is 0. The fourth-order valence-corrected chi connectivity index (χ4v) is 1.88. The zero-order chi connectivity index (χ0) is 17.7. The van der Waals surface area contributed by atoms with Gasteiger partial charge in [-0.3, -0.25) is 4.79 Å². The lowest BCUT2D eigenvalue weighted by atomic mass is 10.1. The van der Waals surface area contributed by atoms with Gasteiger partial charge in [0.05, 0.1) is 11.2 Å². The summed E-state index contributed by atoms with van der Waals surface area (Å²) in [4.78, 5) is 11.7. The van der Waals surface area contributed by atoms with Crippen molar-refractivity contribution in [3.8, 4) is 5.69 Å². The molecule has 124 valence electrons. The van der Waals surface area contributed by atoms with Gasteiger partial charge in [-0.05, 0) is 0 Å². The number of aromatic nitrogens is 2. The van der Waals surface area contributed by atoms with Gasteiger partial charge in [-0.15, -0.1) is 0 Å². The van der Waals surface area contributed by atoms with Crippen LogP contribution in [0.15, 0.2) is 11.0 Å². The summed E-state index contributed by atoms with van der Waals surface area (Å²) in [5, 5.41) is 1.85. The number of alkyl halides is 3. The summed E-state index contributed by atoms with van der Waals surface area (Å²) in [5.74, 6) is -10.4. The molecule has 0 atom stereocenters. The van der Waals surface area contributed by atoms with Gasteiger partial charge in [0.1, 0.15) is 16.3 Å². The van der Waals surface area contributed by atoms with E-state index in [9.17, 15) is 35.5 Å². The summed E-state index contributed by atoms with van der Waals surface area (Å²) in [6, 6.07) is 0. The van der Waals surface area contributed by atoms with E-state index in [0.717, 1.165) is 0 Å². The number of nitrogens with zero attached hydrogens (tertiary/aromatic N) is 2. The molecule has 0 spiro atoms. The van der Waals surface area contributed by atoms with Crippen molar-refractivity contribution in [1.82, 2.24) is 9.78 Å². The van der Waals surface area contributed by atoms with E-state index in [2.05, 4.69) is 5.10 Å². The summed E-state index contributed by atoms with van der Waals surface area (Å²) >= 11 is 10.8. The van der Waals surface area contributed by atoms with Crippen molar-refractivity contribution in [1.29, 1.82) is 0 Å². The molecule has 0 radical (unpaired) electrons. The first-order valence-corrected chi connectivity index (χ1v) is 6.10. The highest BCUT2D eigenvalue weighted by Gasteiger charge is 2.43. The normalized spacial score (nSPS) is 11.9. The molecular weight excluding hydrogens is 380 g/mol. The first kappa shape index (κ1) is 17.5. The third-order valence-electron chi connectivity index (χ3n) is 2.61. The molecule has 0 unspecified atom stereocenters. The summed E-state index contributed by atoms with van der Waals surface area (Å²) in [7, 11) is 0. The van der Waals surface area contributed by atoms with E-state index >= 15 is 0 Å². The van der Waals surface area contributed by atoms with Gasteiger partial charge >= 0.3 is 6.18 Å². The molecule has 0 aliphatic carbocycles. The highest BCUT2D eigenvalue weighted by molar-refractivity contribution is 6.41. The van der Waals surface area contributed by atoms with Crippen LogP contribution in [0.25, 0.3) is 5.69 Å². The predicted octanol–water partition coefficient (Wildman–Crippen LogP) is 4.11. The van der Waals surface area contributed by atoms with E-state index in [0.29, 0.717) is 6.20 Å². The largest absolute Gasteiger partial charge is 0.422 e. The van der Waals surface area contributed by atoms with Gasteiger partial charge in [0.25, 0.3) is 5.56 Å². The van der Waals surface area contributed by atoms with Crippen LogP contribution in [-0.4, -0.2) is 9.78 Å². The van der Waals surface area contributed by atoms with E-state index in [1.165, 1.54) is 0 Å². The fraction of sp³-hybridized carbons (Fsp3) is 0.0909. The van der Waals surface area contributed by atoms with Gasteiger partial charge in [-0.2, -0.15) is 23.0 Å². The third kappa shape index (κ3) is 2.76. The highest BCUT2D eigenvalue weighted by atomic mass is 35.5. The molecular formula is C11HCl2F7N2O. The Balaban J connectivity index is 2.92. The van der Waals surface area contributed by atoms with Crippen molar-refractivity contribution < 1.29 is 30.7 Å². The maximum Gasteiger partial charge on any atom is 0.422 e. The second-order valence-corrected chi connectivity index (χ2v) is 4.79. The standard InChI is InChI=1S/C11HCl2F7N2O/c12-2-1-21-22(10(23)4(2)13)9-7(16)5(14)3(11(18,19)20)6(15)8(9)17/h1H. The molecule has 3 nitrogen and oxygen atoms in total. The number of benzene rings is 1. The molecule has 0 fully saturated rings. The summed E-state index contributed by atoms with van der Waals surface area (Å²) in [5.41, 5.74) is -6.06. The molecule has 1 aromatic heterocycles. The Bertz CT molecular complexity index is 834. The maximum atomic E-state index is 13.8. The molecule has 0 saturated carbocycles. The molecule has 0 bridgehead atoms. The van der Waals surface area contributed by atoms with E-state index < -0.39 is 56.3 Å². The molecule has 0 N–H and O–H groups in total. The Morgan fingerprint density at radius 3 is 1.87 bits per heavy atom. The Labute approximate surface area is 131 Å². The Kier molecular flexibility index (Phi) is 4.33. The minimum Gasteiger partial charge on any atom is -0.266 e. The summed E-state index contributed by atoms with van der Waals surface area (Å²) in [6.07, 6.45) is -5.10. The van der Waals surface area contributed by atoms with Crippen LogP contribution >= 0.6 is 23.2 Å². The summed E-state index contributed by atoms with van der Waals surface area (Å²) < 4.78 is 91.7. The minimum absolute atomic E-state index is 0.245. The fourth-order valence-electron chi connectivity index (χ4n) is 1.63. The van der Waals surface area contributed by atoms with Crippen molar-refractivity contribution in [3.05, 3.63) is 55.4 Å². The molecule has 23 heavy (non-hydrogen) atoms. The summed E-state index contributed by atoms with van der Waals surface area (Å²) in [6.45, 7) is 0. The molecule has 0 aliphatic rings. The maximum absolute atomic E-state index is 13.8. The zero-order valence-electron chi connectivity index (χ0n) is 10.3. The van der Waals surface area contributed by atoms with E-state index in [1.54, 1.807) is 0 Å². The van der Waals surface area contributed by atoms with E-state index in [-0.39, 0.29) is 4.68 Å². The van der Waals surface area contributed by atoms with Crippen molar-refractivity contribution in [2.75, 3.05) is 0 Å². The minimum atomic E-state index is -5.70. The quantitative estimate of drug-likeness (QED) is 0.551. The average molecular weight is 381 g/mol. The van der Waals surface area contributed by atoms with Crippen LogP contribution < -0.4 is 5.56 Å². The molecule has 0 amide bonds. The lowest BCUT2D eigenvalue weighted by Gasteiger charge is -2.14. The van der Waals surface area contributed by atoms with Gasteiger partial charge in [-0.25, -0.2) is 17.6 Å². The van der Waals surface area contributed by atoms with Gasteiger partial charge in [-0.1, -0.05) is 23.2 Å². The van der Waals surface area contributed by atoms with Crippen molar-refractivity contribution in [3.63, 3.8) is 0 Å². The topological polar surface area (TPSA) is 34.9 Å². The lowest BCUT2D eigenvalue weighted by Crippen LogP contribution is -2.26. The molecule has 1 aromatic carbocycles. The number of halogens is 9. The molecule has 12 heteroatoms. The van der Waals surface area contributed by atoms with Crippen LogP contribution in [-0.2, 0) is 6.18 Å². The van der Waals surface area contributed by atoms with Crippen LogP contribution in [0.1, 0.15) is 5.56 Å². The highest BCUT2D eigenvalue weighted by Crippen LogP contribution is 2.37. The predicted molar refractivity (Wildman–Crippen MR) is 64.7 cm³/mol. The van der Waals surface area contributed by atoms with Crippen LogP contribution in [0.3, 0.4) is 0 Å². The molecule has 2 aromatic rings. The lowest BCUT2D eigenvalue weighted by molar-refractivity contribution is -0.143. The monoisotopic (exact) mass is 380 g/mol. The van der Waals surface area contributed by atoms with Gasteiger partial charge in [0, 0.05) is 0 Å². The van der Waals surface area contributed by atoms with Gasteiger partial charge in [0.15, 0.2) is 23.3 Å². The first-order chi connectivity index (χ1) is 10.5. The van der Waals surface area contributed by atoms with Crippen molar-refractivity contribution in [2.24, 2.45) is 0 Å². The van der Waals surface area contributed by atoms with Crippen LogP contribution in [0, 0.1) is 23.3 Å². The number of rotatable bonds is 1. The van der Waals surface area contributed by atoms with Crippen molar-refractivity contribution >= 4 is 23.2 Å². The second kappa shape index (κ2) is 5.68. The Morgan fingerprint density at radius 2 is 1.43 bits per heavy atom. The smallest absolute Gasteiger partial charge is 0.266 e. The second-order valence-electron chi connectivity index (χ2n) is 4.00. The van der Waals surface area contributed by atoms with Gasteiger partial charge in [0.2, 0.25) is 0 Å². The zero-order valence-corrected chi connectivity index (χ0v) is 11.8. The first-order valence-electron chi connectivity index (χ1n) is 5.35. The Morgan fingerprint density at radius 1 is 0.957 bits per heavy atom. The van der Waals surface area contributed by atoms with E-state index in [4.69, 9.17) is 23.2 Å². The SMILES string of the molecule is O=c1c(Cl)c(Cl)cnn1-c1c(F)c(F)c(C(F)(F)F)c(F)c1F. The molecule has 2 rings (SSSR count). The Hall–Kier alpha value is -1.81. The van der Waals surface area contributed by atoms with Crippen molar-refractivity contribution in [2.45, 2.75) is 6.18 Å². The third-order valence-corrected chi connectivity index (χ3v) is 3.36. The van der Waals surface area contributed by atoms with Crippen LogP contribution in [0.4, 0.5) is 30.7 Å². The molecule has 1 heterocycles. The average Bonchev–Trinajstić information content (AvgIpc) is 2.44. The number of hydrogen-bond acceptors (Lipinski definition) is 2. The van der Waals surface area contributed by atoms with Crippen LogP contribution in [0.5, 0.6) is 0 Å².